The van der Waals surface area contributed by atoms with E-state index in [0.29, 0.717) is 0 Å². The van der Waals surface area contributed by atoms with Gasteiger partial charge in [0.1, 0.15) is 6.07 Å². The molecule has 1 rings (SSSR count). The Morgan fingerprint density at radius 2 is 2.13 bits per heavy atom. The normalized spacial score (nSPS) is 9.27. The van der Waals surface area contributed by atoms with Gasteiger partial charge < -0.3 is 10.2 Å². The Hall–Kier alpha value is -2.42. The van der Waals surface area contributed by atoms with Crippen molar-refractivity contribution in [1.29, 1.82) is 5.26 Å². The number of aromatic carboxylic acids is 1. The van der Waals surface area contributed by atoms with Gasteiger partial charge in [0.25, 0.3) is 0 Å². The summed E-state index contributed by atoms with van der Waals surface area (Å²) < 4.78 is 0. The molecule has 1 heterocycles. The van der Waals surface area contributed by atoms with E-state index in [2.05, 4.69) is 4.98 Å². The number of aromatic nitrogens is 1. The van der Waals surface area contributed by atoms with Crippen molar-refractivity contribution < 1.29 is 19.8 Å². The van der Waals surface area contributed by atoms with Crippen molar-refractivity contribution in [3.8, 4) is 6.07 Å². The Labute approximate surface area is 84.4 Å². The number of carboxylic acid groups (broad SMARTS) is 2. The van der Waals surface area contributed by atoms with Gasteiger partial charge in [0.05, 0.1) is 12.0 Å². The highest BCUT2D eigenvalue weighted by molar-refractivity contribution is 5.88. The Bertz CT molecular complexity index is 462. The van der Waals surface area contributed by atoms with Crippen LogP contribution in [0.2, 0.25) is 0 Å². The van der Waals surface area contributed by atoms with Crippen LogP contribution in [0.15, 0.2) is 12.3 Å². The lowest BCUT2D eigenvalue weighted by Gasteiger charge is -2.02. The summed E-state index contributed by atoms with van der Waals surface area (Å²) in [5.41, 5.74) is -0.179. The maximum atomic E-state index is 10.7. The summed E-state index contributed by atoms with van der Waals surface area (Å²) in [4.78, 5) is 24.6. The molecule has 76 valence electrons. The first-order valence-electron chi connectivity index (χ1n) is 3.88. The van der Waals surface area contributed by atoms with Crippen LogP contribution in [0.1, 0.15) is 21.6 Å². The quantitative estimate of drug-likeness (QED) is 0.734. The van der Waals surface area contributed by atoms with Gasteiger partial charge in [0.2, 0.25) is 0 Å². The fraction of sp³-hybridized carbons (Fsp3) is 0.111. The number of hydrogen-bond donors (Lipinski definition) is 2. The van der Waals surface area contributed by atoms with E-state index in [1.807, 2.05) is 0 Å². The highest BCUT2D eigenvalue weighted by Gasteiger charge is 2.14. The average molecular weight is 206 g/mol. The van der Waals surface area contributed by atoms with E-state index < -0.39 is 18.4 Å². The molecule has 0 saturated carbocycles. The molecule has 0 unspecified atom stereocenters. The third-order valence-electron chi connectivity index (χ3n) is 1.64. The third-order valence-corrected chi connectivity index (χ3v) is 1.64. The summed E-state index contributed by atoms with van der Waals surface area (Å²) in [6.07, 6.45) is 0.624. The van der Waals surface area contributed by atoms with Crippen LogP contribution >= 0.6 is 0 Å². The van der Waals surface area contributed by atoms with Crippen LogP contribution in [-0.2, 0) is 11.2 Å². The molecular formula is C9H6N2O4. The lowest BCUT2D eigenvalue weighted by molar-refractivity contribution is -0.136. The van der Waals surface area contributed by atoms with Crippen molar-refractivity contribution >= 4 is 11.9 Å². The minimum absolute atomic E-state index is 0.0223. The van der Waals surface area contributed by atoms with Crippen LogP contribution in [0.5, 0.6) is 0 Å². The highest BCUT2D eigenvalue weighted by atomic mass is 16.4. The van der Waals surface area contributed by atoms with Crippen LogP contribution in [0.25, 0.3) is 0 Å². The molecule has 0 fully saturated rings. The Balaban J connectivity index is 3.23. The molecule has 0 amide bonds. The van der Waals surface area contributed by atoms with Gasteiger partial charge in [-0.15, -0.1) is 0 Å². The molecule has 1 aromatic heterocycles. The van der Waals surface area contributed by atoms with Crippen molar-refractivity contribution in [2.75, 3.05) is 0 Å². The lowest BCUT2D eigenvalue weighted by Crippen LogP contribution is -2.10. The molecule has 0 saturated heterocycles. The molecular weight excluding hydrogens is 200 g/mol. The zero-order valence-corrected chi connectivity index (χ0v) is 7.47. The summed E-state index contributed by atoms with van der Waals surface area (Å²) in [7, 11) is 0. The van der Waals surface area contributed by atoms with Gasteiger partial charge in [0.15, 0.2) is 5.69 Å². The predicted octanol–water partition coefficient (Wildman–Crippen LogP) is 0.279. The monoisotopic (exact) mass is 206 g/mol. The van der Waals surface area contributed by atoms with Gasteiger partial charge in [-0.25, -0.2) is 9.78 Å². The topological polar surface area (TPSA) is 111 Å². The van der Waals surface area contributed by atoms with Crippen LogP contribution in [0.3, 0.4) is 0 Å². The maximum absolute atomic E-state index is 10.7. The van der Waals surface area contributed by atoms with Crippen molar-refractivity contribution in [1.82, 2.24) is 4.98 Å². The average Bonchev–Trinajstić information content (AvgIpc) is 2.16. The van der Waals surface area contributed by atoms with Crippen molar-refractivity contribution in [2.45, 2.75) is 6.42 Å². The zero-order chi connectivity index (χ0) is 11.4. The summed E-state index contributed by atoms with van der Waals surface area (Å²) in [6, 6.07) is 2.97. The third kappa shape index (κ3) is 2.51. The van der Waals surface area contributed by atoms with Crippen molar-refractivity contribution in [2.24, 2.45) is 0 Å². The number of hydrogen-bond acceptors (Lipinski definition) is 4. The number of rotatable bonds is 3. The molecule has 2 N–H and O–H groups in total. The first-order valence-corrected chi connectivity index (χ1v) is 3.88. The number of nitrogens with zero attached hydrogens (tertiary/aromatic N) is 2. The minimum atomic E-state index is -1.31. The fourth-order valence-electron chi connectivity index (χ4n) is 1.06. The number of pyridine rings is 1. The molecule has 0 radical (unpaired) electrons. The van der Waals surface area contributed by atoms with Crippen LogP contribution in [-0.4, -0.2) is 27.1 Å². The number of carbonyl (C=O) groups is 2. The lowest BCUT2D eigenvalue weighted by atomic mass is 10.1. The van der Waals surface area contributed by atoms with Crippen molar-refractivity contribution in [3.63, 3.8) is 0 Å². The van der Waals surface area contributed by atoms with Gasteiger partial charge in [-0.2, -0.15) is 5.26 Å². The fourth-order valence-corrected chi connectivity index (χ4v) is 1.06. The van der Waals surface area contributed by atoms with E-state index in [1.54, 1.807) is 6.07 Å². The van der Waals surface area contributed by atoms with E-state index in [4.69, 9.17) is 15.5 Å². The van der Waals surface area contributed by atoms with Gasteiger partial charge in [-0.05, 0) is 11.6 Å². The second-order valence-corrected chi connectivity index (χ2v) is 2.72. The second-order valence-electron chi connectivity index (χ2n) is 2.72. The Kier molecular flexibility index (Phi) is 2.98. The first kappa shape index (κ1) is 10.7. The minimum Gasteiger partial charge on any atom is -0.481 e. The molecule has 0 spiro atoms. The molecule has 0 aliphatic heterocycles. The number of aliphatic carboxylic acids is 1. The molecule has 0 atom stereocenters. The van der Waals surface area contributed by atoms with Crippen molar-refractivity contribution in [3.05, 3.63) is 29.1 Å². The summed E-state index contributed by atoms with van der Waals surface area (Å²) in [5, 5.41) is 25.8. The van der Waals surface area contributed by atoms with Crippen LogP contribution in [0, 0.1) is 11.3 Å². The highest BCUT2D eigenvalue weighted by Crippen LogP contribution is 2.09. The van der Waals surface area contributed by atoms with E-state index in [1.165, 1.54) is 6.07 Å². The Morgan fingerprint density at radius 1 is 1.47 bits per heavy atom. The van der Waals surface area contributed by atoms with E-state index >= 15 is 0 Å². The summed E-state index contributed by atoms with van der Waals surface area (Å²) in [5.74, 6) is -2.48. The number of carboxylic acids is 2. The Morgan fingerprint density at radius 3 is 2.60 bits per heavy atom. The molecule has 6 heteroatoms. The summed E-state index contributed by atoms with van der Waals surface area (Å²) in [6.45, 7) is 0. The largest absolute Gasteiger partial charge is 0.481 e. The molecule has 0 aliphatic rings. The van der Waals surface area contributed by atoms with Gasteiger partial charge >= 0.3 is 11.9 Å². The molecule has 0 aromatic carbocycles. The van der Waals surface area contributed by atoms with E-state index in [9.17, 15) is 9.59 Å². The summed E-state index contributed by atoms with van der Waals surface area (Å²) >= 11 is 0. The zero-order valence-electron chi connectivity index (χ0n) is 7.47. The first-order chi connectivity index (χ1) is 7.04. The molecule has 0 bridgehead atoms. The standard InChI is InChI=1S/C9H6N2O4/c10-3-5-1-6(2-7(12)13)8(9(14)15)11-4-5/h1,4H,2H2,(H,12,13)(H,14,15). The maximum Gasteiger partial charge on any atom is 0.354 e. The van der Waals surface area contributed by atoms with Gasteiger partial charge in [0, 0.05) is 6.20 Å². The van der Waals surface area contributed by atoms with Crippen LogP contribution < -0.4 is 0 Å². The number of nitriles is 1. The second kappa shape index (κ2) is 4.19. The molecule has 0 aliphatic carbocycles. The van der Waals surface area contributed by atoms with E-state index in [0.717, 1.165) is 6.20 Å². The predicted molar refractivity (Wildman–Crippen MR) is 47.3 cm³/mol. The smallest absolute Gasteiger partial charge is 0.354 e. The molecule has 1 aromatic rings. The van der Waals surface area contributed by atoms with E-state index in [-0.39, 0.29) is 16.8 Å². The van der Waals surface area contributed by atoms with Gasteiger partial charge in [-0.1, -0.05) is 0 Å². The molecule has 6 nitrogen and oxygen atoms in total. The SMILES string of the molecule is N#Cc1cnc(C(=O)O)c(CC(=O)O)c1. The molecule has 15 heavy (non-hydrogen) atoms. The van der Waals surface area contributed by atoms with Gasteiger partial charge in [-0.3, -0.25) is 4.79 Å². The van der Waals surface area contributed by atoms with Crippen LogP contribution in [0.4, 0.5) is 0 Å².